The van der Waals surface area contributed by atoms with E-state index in [0.29, 0.717) is 6.42 Å². The zero-order valence-corrected chi connectivity index (χ0v) is 13.1. The van der Waals surface area contributed by atoms with Gasteiger partial charge in [-0.2, -0.15) is 5.10 Å². The van der Waals surface area contributed by atoms with Crippen molar-refractivity contribution in [2.24, 2.45) is 10.8 Å². The molecule has 0 aromatic heterocycles. The van der Waals surface area contributed by atoms with Crippen LogP contribution >= 0.6 is 28.1 Å². The van der Waals surface area contributed by atoms with Gasteiger partial charge in [0.05, 0.1) is 5.71 Å². The minimum atomic E-state index is 0.158. The fourth-order valence-corrected chi connectivity index (χ4v) is 2.23. The molecule has 2 aromatic rings. The summed E-state index contributed by atoms with van der Waals surface area (Å²) in [4.78, 5) is 0. The molecule has 0 aliphatic carbocycles. The molecule has 20 heavy (non-hydrogen) atoms. The standard InChI is InChI=1S/C15H14BrN3S/c16-13-8-4-7-12(10-13)14(18-19-15(17)20)9-11-5-2-1-3-6-11/h1-8,10H,9H2,(H3,17,19,20)/b18-14+. The molecule has 0 atom stereocenters. The van der Waals surface area contributed by atoms with Gasteiger partial charge in [-0.15, -0.1) is 0 Å². The minimum absolute atomic E-state index is 0.158. The number of nitrogens with one attached hydrogen (secondary N) is 1. The molecule has 0 spiro atoms. The third-order valence-corrected chi connectivity index (χ3v) is 3.26. The van der Waals surface area contributed by atoms with Crippen LogP contribution in [0.4, 0.5) is 0 Å². The molecule has 3 N–H and O–H groups in total. The van der Waals surface area contributed by atoms with Crippen molar-refractivity contribution in [3.8, 4) is 0 Å². The molecule has 0 aliphatic rings. The molecule has 2 aromatic carbocycles. The topological polar surface area (TPSA) is 50.4 Å². The van der Waals surface area contributed by atoms with Gasteiger partial charge in [-0.3, -0.25) is 5.43 Å². The highest BCUT2D eigenvalue weighted by molar-refractivity contribution is 9.10. The Labute approximate surface area is 132 Å². The quantitative estimate of drug-likeness (QED) is 0.507. The molecule has 5 heteroatoms. The Bertz CT molecular complexity index is 626. The smallest absolute Gasteiger partial charge is 0.184 e. The maximum absolute atomic E-state index is 5.45. The molecule has 3 nitrogen and oxygen atoms in total. The highest BCUT2D eigenvalue weighted by atomic mass is 79.9. The lowest BCUT2D eigenvalue weighted by atomic mass is 10.0. The Morgan fingerprint density at radius 3 is 2.55 bits per heavy atom. The lowest BCUT2D eigenvalue weighted by Crippen LogP contribution is -2.26. The predicted molar refractivity (Wildman–Crippen MR) is 90.7 cm³/mol. The number of benzene rings is 2. The molecule has 2 rings (SSSR count). The molecular formula is C15H14BrN3S. The Kier molecular flexibility index (Phi) is 5.26. The molecule has 0 bridgehead atoms. The molecule has 0 heterocycles. The van der Waals surface area contributed by atoms with Gasteiger partial charge in [0.1, 0.15) is 0 Å². The van der Waals surface area contributed by atoms with Crippen LogP contribution in [0.5, 0.6) is 0 Å². The van der Waals surface area contributed by atoms with Gasteiger partial charge in [-0.25, -0.2) is 0 Å². The number of thiocarbonyl (C=S) groups is 1. The first kappa shape index (κ1) is 14.7. The fraction of sp³-hybridized carbons (Fsp3) is 0.0667. The highest BCUT2D eigenvalue weighted by Gasteiger charge is 2.06. The average Bonchev–Trinajstić information content (AvgIpc) is 2.44. The van der Waals surface area contributed by atoms with Gasteiger partial charge < -0.3 is 5.73 Å². The van der Waals surface area contributed by atoms with Gasteiger partial charge in [0.2, 0.25) is 0 Å². The van der Waals surface area contributed by atoms with Crippen molar-refractivity contribution in [2.45, 2.75) is 6.42 Å². The van der Waals surface area contributed by atoms with Gasteiger partial charge in [0, 0.05) is 10.9 Å². The largest absolute Gasteiger partial charge is 0.375 e. The van der Waals surface area contributed by atoms with Crippen molar-refractivity contribution in [2.75, 3.05) is 0 Å². The highest BCUT2D eigenvalue weighted by Crippen LogP contribution is 2.14. The zero-order chi connectivity index (χ0) is 14.4. The van der Waals surface area contributed by atoms with Gasteiger partial charge in [0.25, 0.3) is 0 Å². The van der Waals surface area contributed by atoms with E-state index in [-0.39, 0.29) is 5.11 Å². The Balaban J connectivity index is 2.30. The molecule has 0 unspecified atom stereocenters. The second-order valence-electron chi connectivity index (χ2n) is 4.21. The van der Waals surface area contributed by atoms with Crippen LogP contribution in [-0.4, -0.2) is 10.8 Å². The summed E-state index contributed by atoms with van der Waals surface area (Å²) in [6, 6.07) is 18.1. The van der Waals surface area contributed by atoms with Crippen LogP contribution < -0.4 is 11.2 Å². The van der Waals surface area contributed by atoms with Crippen LogP contribution in [0.2, 0.25) is 0 Å². The van der Waals surface area contributed by atoms with E-state index in [9.17, 15) is 0 Å². The van der Waals surface area contributed by atoms with Crippen molar-refractivity contribution < 1.29 is 0 Å². The van der Waals surface area contributed by atoms with Crippen LogP contribution in [-0.2, 0) is 6.42 Å². The summed E-state index contributed by atoms with van der Waals surface area (Å²) in [6.45, 7) is 0. The second kappa shape index (κ2) is 7.17. The normalized spacial score (nSPS) is 11.2. The molecule has 0 aliphatic heterocycles. The van der Waals surface area contributed by atoms with E-state index in [4.69, 9.17) is 18.0 Å². The number of hydrogen-bond acceptors (Lipinski definition) is 2. The molecular weight excluding hydrogens is 334 g/mol. The van der Waals surface area contributed by atoms with Crippen molar-refractivity contribution in [1.29, 1.82) is 0 Å². The number of halogens is 1. The predicted octanol–water partition coefficient (Wildman–Crippen LogP) is 3.23. The summed E-state index contributed by atoms with van der Waals surface area (Å²) < 4.78 is 1.01. The van der Waals surface area contributed by atoms with Gasteiger partial charge in [-0.05, 0) is 35.5 Å². The van der Waals surface area contributed by atoms with E-state index in [0.717, 1.165) is 15.7 Å². The summed E-state index contributed by atoms with van der Waals surface area (Å²) >= 11 is 8.27. The lowest BCUT2D eigenvalue weighted by Gasteiger charge is -2.08. The molecule has 0 saturated heterocycles. The Morgan fingerprint density at radius 1 is 1.15 bits per heavy atom. The maximum atomic E-state index is 5.45. The second-order valence-corrected chi connectivity index (χ2v) is 5.56. The average molecular weight is 348 g/mol. The van der Waals surface area contributed by atoms with Crippen molar-refractivity contribution in [3.63, 3.8) is 0 Å². The molecule has 0 fully saturated rings. The first-order valence-electron chi connectivity index (χ1n) is 6.07. The number of nitrogens with zero attached hydrogens (tertiary/aromatic N) is 1. The van der Waals surface area contributed by atoms with Crippen LogP contribution in [0.25, 0.3) is 0 Å². The first-order valence-corrected chi connectivity index (χ1v) is 7.27. The summed E-state index contributed by atoms with van der Waals surface area (Å²) in [7, 11) is 0. The Morgan fingerprint density at radius 2 is 1.90 bits per heavy atom. The van der Waals surface area contributed by atoms with Crippen LogP contribution in [0.1, 0.15) is 11.1 Å². The third kappa shape index (κ3) is 4.43. The van der Waals surface area contributed by atoms with Crippen LogP contribution in [0, 0.1) is 0 Å². The van der Waals surface area contributed by atoms with Gasteiger partial charge in [0.15, 0.2) is 5.11 Å². The summed E-state index contributed by atoms with van der Waals surface area (Å²) in [5, 5.41) is 4.47. The summed E-state index contributed by atoms with van der Waals surface area (Å²) in [5.41, 5.74) is 11.2. The third-order valence-electron chi connectivity index (χ3n) is 2.67. The van der Waals surface area contributed by atoms with Crippen LogP contribution in [0.3, 0.4) is 0 Å². The number of hydrazone groups is 1. The molecule has 102 valence electrons. The van der Waals surface area contributed by atoms with E-state index < -0.39 is 0 Å². The SMILES string of the molecule is NC(=S)N/N=C(\Cc1ccccc1)c1cccc(Br)c1. The van der Waals surface area contributed by atoms with Crippen molar-refractivity contribution in [3.05, 3.63) is 70.2 Å². The number of nitrogens with two attached hydrogens (primary N) is 1. The maximum Gasteiger partial charge on any atom is 0.184 e. The van der Waals surface area contributed by atoms with E-state index in [1.165, 1.54) is 5.56 Å². The van der Waals surface area contributed by atoms with Gasteiger partial charge >= 0.3 is 0 Å². The molecule has 0 amide bonds. The summed E-state index contributed by atoms with van der Waals surface area (Å²) in [6.07, 6.45) is 0.701. The molecule has 0 saturated carbocycles. The number of hydrogen-bond donors (Lipinski definition) is 2. The number of rotatable bonds is 4. The molecule has 0 radical (unpaired) electrons. The van der Waals surface area contributed by atoms with Crippen molar-refractivity contribution in [1.82, 2.24) is 5.43 Å². The van der Waals surface area contributed by atoms with Crippen LogP contribution in [0.15, 0.2) is 64.2 Å². The summed E-state index contributed by atoms with van der Waals surface area (Å²) in [5.74, 6) is 0. The Hall–Kier alpha value is -1.72. The van der Waals surface area contributed by atoms with E-state index in [1.807, 2.05) is 42.5 Å². The lowest BCUT2D eigenvalue weighted by molar-refractivity contribution is 1.02. The monoisotopic (exact) mass is 347 g/mol. The van der Waals surface area contributed by atoms with E-state index >= 15 is 0 Å². The van der Waals surface area contributed by atoms with Crippen molar-refractivity contribution >= 4 is 39.0 Å². The van der Waals surface area contributed by atoms with E-state index in [2.05, 4.69) is 38.6 Å². The minimum Gasteiger partial charge on any atom is -0.375 e. The van der Waals surface area contributed by atoms with E-state index in [1.54, 1.807) is 0 Å². The van der Waals surface area contributed by atoms with Gasteiger partial charge in [-0.1, -0.05) is 58.4 Å². The zero-order valence-electron chi connectivity index (χ0n) is 10.7. The first-order chi connectivity index (χ1) is 9.65. The fourth-order valence-electron chi connectivity index (χ4n) is 1.79.